The van der Waals surface area contributed by atoms with Gasteiger partial charge in [0, 0.05) is 18.2 Å². The SMILES string of the molecule is Cc1ccc([N+](=O)[O-])cc1S(=O)(=O)NC(C)C1CCCNC1.Cl. The fourth-order valence-electron chi connectivity index (χ4n) is 2.70. The Balaban J connectivity index is 0.00000264. The summed E-state index contributed by atoms with van der Waals surface area (Å²) in [6.45, 7) is 5.20. The van der Waals surface area contributed by atoms with E-state index in [4.69, 9.17) is 0 Å². The molecule has 1 heterocycles. The summed E-state index contributed by atoms with van der Waals surface area (Å²) in [6.07, 6.45) is 1.98. The summed E-state index contributed by atoms with van der Waals surface area (Å²) in [5, 5.41) is 14.1. The van der Waals surface area contributed by atoms with Crippen molar-refractivity contribution in [3.05, 3.63) is 33.9 Å². The Hall–Kier alpha value is -1.22. The van der Waals surface area contributed by atoms with Crippen LogP contribution in [0.1, 0.15) is 25.3 Å². The van der Waals surface area contributed by atoms with Crippen molar-refractivity contribution >= 4 is 28.1 Å². The van der Waals surface area contributed by atoms with Crippen LogP contribution in [-0.2, 0) is 10.0 Å². The van der Waals surface area contributed by atoms with Crippen molar-refractivity contribution in [3.8, 4) is 0 Å². The van der Waals surface area contributed by atoms with Gasteiger partial charge in [0.2, 0.25) is 10.0 Å². The molecule has 0 bridgehead atoms. The largest absolute Gasteiger partial charge is 0.316 e. The molecule has 2 atom stereocenters. The first-order valence-corrected chi connectivity index (χ1v) is 8.77. The first-order chi connectivity index (χ1) is 10.3. The van der Waals surface area contributed by atoms with Crippen LogP contribution in [0.25, 0.3) is 0 Å². The summed E-state index contributed by atoms with van der Waals surface area (Å²) >= 11 is 0. The summed E-state index contributed by atoms with van der Waals surface area (Å²) in [7, 11) is -3.78. The molecule has 2 N–H and O–H groups in total. The van der Waals surface area contributed by atoms with Gasteiger partial charge in [-0.25, -0.2) is 13.1 Å². The molecule has 7 nitrogen and oxygen atoms in total. The fraction of sp³-hybridized carbons (Fsp3) is 0.571. The van der Waals surface area contributed by atoms with Crippen LogP contribution in [-0.4, -0.2) is 32.5 Å². The van der Waals surface area contributed by atoms with E-state index in [0.29, 0.717) is 5.56 Å². The minimum atomic E-state index is -3.78. The Morgan fingerprint density at radius 1 is 1.43 bits per heavy atom. The predicted octanol–water partition coefficient (Wildman–Crippen LogP) is 1.99. The molecule has 2 rings (SSSR count). The number of piperidine rings is 1. The van der Waals surface area contributed by atoms with Gasteiger partial charge in [-0.1, -0.05) is 6.07 Å². The number of nitro benzene ring substituents is 1. The quantitative estimate of drug-likeness (QED) is 0.615. The lowest BCUT2D eigenvalue weighted by molar-refractivity contribution is -0.385. The molecule has 2 unspecified atom stereocenters. The average Bonchev–Trinajstić information content (AvgIpc) is 2.47. The smallest absolute Gasteiger partial charge is 0.270 e. The Morgan fingerprint density at radius 3 is 2.70 bits per heavy atom. The summed E-state index contributed by atoms with van der Waals surface area (Å²) in [5.41, 5.74) is 0.269. The number of aryl methyl sites for hydroxylation is 1. The van der Waals surface area contributed by atoms with E-state index in [-0.39, 0.29) is 34.9 Å². The molecular formula is C14H22ClN3O4S. The Bertz CT molecular complexity index is 660. The predicted molar refractivity (Wildman–Crippen MR) is 90.5 cm³/mol. The van der Waals surface area contributed by atoms with Crippen molar-refractivity contribution < 1.29 is 13.3 Å². The van der Waals surface area contributed by atoms with Gasteiger partial charge in [0.25, 0.3) is 5.69 Å². The van der Waals surface area contributed by atoms with Crippen molar-refractivity contribution in [1.29, 1.82) is 0 Å². The van der Waals surface area contributed by atoms with Crippen LogP contribution in [0.5, 0.6) is 0 Å². The zero-order chi connectivity index (χ0) is 16.3. The number of nitro groups is 1. The molecular weight excluding hydrogens is 342 g/mol. The lowest BCUT2D eigenvalue weighted by Crippen LogP contribution is -2.44. The van der Waals surface area contributed by atoms with Crippen LogP contribution >= 0.6 is 12.4 Å². The van der Waals surface area contributed by atoms with Gasteiger partial charge in [-0.15, -0.1) is 12.4 Å². The van der Waals surface area contributed by atoms with E-state index in [2.05, 4.69) is 10.0 Å². The van der Waals surface area contributed by atoms with E-state index in [1.807, 2.05) is 6.92 Å². The molecule has 0 spiro atoms. The van der Waals surface area contributed by atoms with Crippen LogP contribution in [0.3, 0.4) is 0 Å². The van der Waals surface area contributed by atoms with E-state index in [1.54, 1.807) is 6.92 Å². The average molecular weight is 364 g/mol. The van der Waals surface area contributed by atoms with E-state index in [1.165, 1.54) is 12.1 Å². The number of non-ortho nitro benzene ring substituents is 1. The number of hydrogen-bond acceptors (Lipinski definition) is 5. The van der Waals surface area contributed by atoms with Gasteiger partial charge in [0.15, 0.2) is 0 Å². The van der Waals surface area contributed by atoms with Gasteiger partial charge in [0.05, 0.1) is 9.82 Å². The number of sulfonamides is 1. The summed E-state index contributed by atoms with van der Waals surface area (Å²) in [5.74, 6) is 0.225. The first kappa shape index (κ1) is 19.8. The minimum absolute atomic E-state index is 0. The van der Waals surface area contributed by atoms with E-state index >= 15 is 0 Å². The molecule has 1 aromatic carbocycles. The third kappa shape index (κ3) is 4.87. The highest BCUT2D eigenvalue weighted by Gasteiger charge is 2.27. The highest BCUT2D eigenvalue weighted by atomic mass is 35.5. The van der Waals surface area contributed by atoms with E-state index < -0.39 is 14.9 Å². The standard InChI is InChI=1S/C14H21N3O4S.ClH/c1-10-5-6-13(17(18)19)8-14(10)22(20,21)16-11(2)12-4-3-7-15-9-12;/h5-6,8,11-12,15-16H,3-4,7,9H2,1-2H3;1H. The fourth-order valence-corrected chi connectivity index (χ4v) is 4.28. The summed E-state index contributed by atoms with van der Waals surface area (Å²) < 4.78 is 27.7. The monoisotopic (exact) mass is 363 g/mol. The minimum Gasteiger partial charge on any atom is -0.316 e. The molecule has 23 heavy (non-hydrogen) atoms. The topological polar surface area (TPSA) is 101 Å². The molecule has 0 amide bonds. The molecule has 1 aliphatic rings. The molecule has 130 valence electrons. The van der Waals surface area contributed by atoms with Crippen molar-refractivity contribution in [2.75, 3.05) is 13.1 Å². The third-order valence-electron chi connectivity index (χ3n) is 4.06. The Morgan fingerprint density at radius 2 is 2.13 bits per heavy atom. The normalized spacial score (nSPS) is 19.7. The maximum Gasteiger partial charge on any atom is 0.270 e. The van der Waals surface area contributed by atoms with Gasteiger partial charge in [-0.05, 0) is 51.3 Å². The number of nitrogens with zero attached hydrogens (tertiary/aromatic N) is 1. The van der Waals surface area contributed by atoms with Crippen molar-refractivity contribution in [2.24, 2.45) is 5.92 Å². The van der Waals surface area contributed by atoms with E-state index in [9.17, 15) is 18.5 Å². The molecule has 1 aromatic rings. The number of halogens is 1. The maximum atomic E-state index is 12.5. The van der Waals surface area contributed by atoms with Crippen molar-refractivity contribution in [3.63, 3.8) is 0 Å². The third-order valence-corrected chi connectivity index (χ3v) is 5.76. The van der Waals surface area contributed by atoms with Crippen molar-refractivity contribution in [1.82, 2.24) is 10.0 Å². The second-order valence-electron chi connectivity index (χ2n) is 5.72. The highest BCUT2D eigenvalue weighted by Crippen LogP contribution is 2.23. The second-order valence-corrected chi connectivity index (χ2v) is 7.41. The lowest BCUT2D eigenvalue weighted by atomic mass is 9.94. The van der Waals surface area contributed by atoms with Gasteiger partial charge in [-0.2, -0.15) is 0 Å². The summed E-state index contributed by atoms with van der Waals surface area (Å²) in [6, 6.07) is 3.66. The number of rotatable bonds is 5. The van der Waals surface area contributed by atoms with Crippen LogP contribution in [0.15, 0.2) is 23.1 Å². The number of benzene rings is 1. The molecule has 1 saturated heterocycles. The molecule has 0 saturated carbocycles. The zero-order valence-corrected chi connectivity index (χ0v) is 14.7. The van der Waals surface area contributed by atoms with Gasteiger partial charge in [0.1, 0.15) is 0 Å². The number of hydrogen-bond donors (Lipinski definition) is 2. The number of nitrogens with one attached hydrogen (secondary N) is 2. The van der Waals surface area contributed by atoms with Gasteiger partial charge >= 0.3 is 0 Å². The molecule has 9 heteroatoms. The van der Waals surface area contributed by atoms with Gasteiger partial charge < -0.3 is 5.32 Å². The van der Waals surface area contributed by atoms with Crippen LogP contribution in [0, 0.1) is 23.0 Å². The van der Waals surface area contributed by atoms with Gasteiger partial charge in [-0.3, -0.25) is 10.1 Å². The Kier molecular flexibility index (Phi) is 6.94. The molecule has 1 fully saturated rings. The molecule has 0 aliphatic carbocycles. The zero-order valence-electron chi connectivity index (χ0n) is 13.1. The summed E-state index contributed by atoms with van der Waals surface area (Å²) in [4.78, 5) is 10.2. The van der Waals surface area contributed by atoms with Crippen LogP contribution < -0.4 is 10.0 Å². The Labute approximate surface area is 142 Å². The lowest BCUT2D eigenvalue weighted by Gasteiger charge is -2.28. The molecule has 1 aliphatic heterocycles. The first-order valence-electron chi connectivity index (χ1n) is 7.29. The molecule has 0 radical (unpaired) electrons. The van der Waals surface area contributed by atoms with Crippen LogP contribution in [0.4, 0.5) is 5.69 Å². The highest BCUT2D eigenvalue weighted by molar-refractivity contribution is 7.89. The van der Waals surface area contributed by atoms with Crippen molar-refractivity contribution in [2.45, 2.75) is 37.6 Å². The van der Waals surface area contributed by atoms with E-state index in [0.717, 1.165) is 32.0 Å². The molecule has 0 aromatic heterocycles. The maximum absolute atomic E-state index is 12.5. The second kappa shape index (κ2) is 8.05. The van der Waals surface area contributed by atoms with Crippen LogP contribution in [0.2, 0.25) is 0 Å².